The minimum Gasteiger partial charge on any atom is -0.469 e. The van der Waals surface area contributed by atoms with Gasteiger partial charge in [0.05, 0.1) is 12.7 Å². The summed E-state index contributed by atoms with van der Waals surface area (Å²) >= 11 is 0. The van der Waals surface area contributed by atoms with Gasteiger partial charge < -0.3 is 19.2 Å². The molecule has 23 heavy (non-hydrogen) atoms. The number of benzene rings is 1. The van der Waals surface area contributed by atoms with Crippen LogP contribution in [0.3, 0.4) is 0 Å². The summed E-state index contributed by atoms with van der Waals surface area (Å²) < 4.78 is 14.9. The second-order valence-electron chi connectivity index (χ2n) is 4.77. The number of methoxy groups -OCH3 is 3. The van der Waals surface area contributed by atoms with Gasteiger partial charge in [0.15, 0.2) is 12.1 Å². The molecule has 0 saturated heterocycles. The van der Waals surface area contributed by atoms with Crippen LogP contribution in [0.15, 0.2) is 29.1 Å². The SMILES string of the molecule is COC(=O)CC(=O)c1c(C(OC)OC)c2ccccc2[nH]c1=O. The molecule has 0 aliphatic rings. The Balaban J connectivity index is 2.73. The van der Waals surface area contributed by atoms with Crippen molar-refractivity contribution in [3.05, 3.63) is 45.7 Å². The lowest BCUT2D eigenvalue weighted by atomic mass is 9.98. The van der Waals surface area contributed by atoms with Crippen LogP contribution in [0.5, 0.6) is 0 Å². The summed E-state index contributed by atoms with van der Waals surface area (Å²) in [5.41, 5.74) is 0.0685. The van der Waals surface area contributed by atoms with Crippen molar-refractivity contribution in [2.75, 3.05) is 21.3 Å². The van der Waals surface area contributed by atoms with Crippen LogP contribution in [0.4, 0.5) is 0 Å². The molecular formula is C16H17NO6. The summed E-state index contributed by atoms with van der Waals surface area (Å²) in [6.07, 6.45) is -1.45. The first-order valence-electron chi connectivity index (χ1n) is 6.84. The first-order valence-corrected chi connectivity index (χ1v) is 6.84. The van der Waals surface area contributed by atoms with E-state index in [0.29, 0.717) is 16.5 Å². The van der Waals surface area contributed by atoms with Crippen LogP contribution in [-0.4, -0.2) is 38.1 Å². The molecule has 2 rings (SSSR count). The number of para-hydroxylation sites is 1. The molecule has 0 fully saturated rings. The van der Waals surface area contributed by atoms with Crippen molar-refractivity contribution in [2.45, 2.75) is 12.7 Å². The van der Waals surface area contributed by atoms with Crippen LogP contribution in [0.2, 0.25) is 0 Å². The van der Waals surface area contributed by atoms with Crippen molar-refractivity contribution in [1.29, 1.82) is 0 Å². The molecule has 0 amide bonds. The summed E-state index contributed by atoms with van der Waals surface area (Å²) in [4.78, 5) is 38.8. The zero-order chi connectivity index (χ0) is 17.0. The maximum Gasteiger partial charge on any atom is 0.313 e. The summed E-state index contributed by atoms with van der Waals surface area (Å²) in [7, 11) is 3.98. The minimum atomic E-state index is -0.918. The fraction of sp³-hybridized carbons (Fsp3) is 0.312. The van der Waals surface area contributed by atoms with Gasteiger partial charge in [-0.1, -0.05) is 18.2 Å². The molecule has 0 spiro atoms. The topological polar surface area (TPSA) is 94.7 Å². The number of aromatic nitrogens is 1. The van der Waals surface area contributed by atoms with Gasteiger partial charge in [-0.3, -0.25) is 14.4 Å². The van der Waals surface area contributed by atoms with E-state index in [0.717, 1.165) is 0 Å². The average molecular weight is 319 g/mol. The maximum atomic E-state index is 12.4. The summed E-state index contributed by atoms with van der Waals surface area (Å²) in [6.45, 7) is 0. The smallest absolute Gasteiger partial charge is 0.313 e. The van der Waals surface area contributed by atoms with E-state index in [9.17, 15) is 14.4 Å². The van der Waals surface area contributed by atoms with Gasteiger partial charge in [-0.05, 0) is 6.07 Å². The molecule has 7 heteroatoms. The molecule has 1 aromatic carbocycles. The predicted octanol–water partition coefficient (Wildman–Crippen LogP) is 1.57. The molecule has 1 heterocycles. The lowest BCUT2D eigenvalue weighted by Gasteiger charge is -2.18. The van der Waals surface area contributed by atoms with Gasteiger partial charge in [0, 0.05) is 30.7 Å². The van der Waals surface area contributed by atoms with Crippen molar-refractivity contribution in [3.63, 3.8) is 0 Å². The number of hydrogen-bond donors (Lipinski definition) is 1. The first kappa shape index (κ1) is 16.9. The lowest BCUT2D eigenvalue weighted by Crippen LogP contribution is -2.25. The third-order valence-corrected chi connectivity index (χ3v) is 3.44. The Labute approximate surface area is 132 Å². The number of pyridine rings is 1. The predicted molar refractivity (Wildman–Crippen MR) is 82.3 cm³/mol. The van der Waals surface area contributed by atoms with Gasteiger partial charge in [-0.25, -0.2) is 0 Å². The van der Waals surface area contributed by atoms with Crippen LogP contribution >= 0.6 is 0 Å². The van der Waals surface area contributed by atoms with Crippen molar-refractivity contribution in [2.24, 2.45) is 0 Å². The molecule has 0 atom stereocenters. The largest absolute Gasteiger partial charge is 0.469 e. The minimum absolute atomic E-state index is 0.164. The number of ether oxygens (including phenoxy) is 3. The number of H-pyrrole nitrogens is 1. The number of esters is 1. The molecule has 0 aliphatic carbocycles. The van der Waals surface area contributed by atoms with Gasteiger partial charge in [-0.2, -0.15) is 0 Å². The number of aromatic amines is 1. The Hall–Kier alpha value is -2.51. The van der Waals surface area contributed by atoms with Crippen LogP contribution in [0, 0.1) is 0 Å². The van der Waals surface area contributed by atoms with Gasteiger partial charge in [0.2, 0.25) is 0 Å². The number of nitrogens with one attached hydrogen (secondary N) is 1. The monoisotopic (exact) mass is 319 g/mol. The molecule has 122 valence electrons. The van der Waals surface area contributed by atoms with E-state index in [1.165, 1.54) is 21.3 Å². The van der Waals surface area contributed by atoms with E-state index < -0.39 is 30.0 Å². The van der Waals surface area contributed by atoms with Crippen LogP contribution in [0.25, 0.3) is 10.9 Å². The zero-order valence-electron chi connectivity index (χ0n) is 13.0. The highest BCUT2D eigenvalue weighted by molar-refractivity contribution is 6.08. The summed E-state index contributed by atoms with van der Waals surface area (Å²) in [5, 5.41) is 0.606. The third-order valence-electron chi connectivity index (χ3n) is 3.44. The molecule has 0 radical (unpaired) electrons. The highest BCUT2D eigenvalue weighted by Gasteiger charge is 2.26. The number of hydrogen-bond acceptors (Lipinski definition) is 6. The number of carbonyl (C=O) groups excluding carboxylic acids is 2. The van der Waals surface area contributed by atoms with Crippen molar-refractivity contribution in [3.8, 4) is 0 Å². The molecule has 1 N–H and O–H groups in total. The van der Waals surface area contributed by atoms with Crippen LogP contribution in [0.1, 0.15) is 28.6 Å². The highest BCUT2D eigenvalue weighted by atomic mass is 16.7. The van der Waals surface area contributed by atoms with Crippen LogP contribution in [-0.2, 0) is 19.0 Å². The molecule has 0 aliphatic heterocycles. The first-order chi connectivity index (χ1) is 11.0. The normalized spacial score (nSPS) is 11.0. The van der Waals surface area contributed by atoms with Crippen molar-refractivity contribution < 1.29 is 23.8 Å². The van der Waals surface area contributed by atoms with Crippen molar-refractivity contribution >= 4 is 22.7 Å². The van der Waals surface area contributed by atoms with Gasteiger partial charge >= 0.3 is 5.97 Å². The van der Waals surface area contributed by atoms with E-state index >= 15 is 0 Å². The molecule has 0 saturated carbocycles. The quantitative estimate of drug-likeness (QED) is 0.376. The standard InChI is InChI=1S/C16H17NO6/c1-21-12(19)8-11(18)14-13(16(22-2)23-3)9-6-4-5-7-10(9)17-15(14)20/h4-7,16H,8H2,1-3H3,(H,17,20). The molecule has 0 bridgehead atoms. The van der Waals surface area contributed by atoms with E-state index in [1.807, 2.05) is 0 Å². The van der Waals surface area contributed by atoms with Gasteiger partial charge in [0.25, 0.3) is 5.56 Å². The summed E-state index contributed by atoms with van der Waals surface area (Å²) in [6, 6.07) is 6.96. The number of Topliss-reactive ketones (excluding diaryl/α,β-unsaturated/α-hetero) is 1. The average Bonchev–Trinajstić information content (AvgIpc) is 2.55. The Morgan fingerprint density at radius 1 is 1.13 bits per heavy atom. The van der Waals surface area contributed by atoms with E-state index in [1.54, 1.807) is 24.3 Å². The summed E-state index contributed by atoms with van der Waals surface area (Å²) in [5.74, 6) is -1.38. The Bertz CT molecular complexity index is 791. The number of carbonyl (C=O) groups is 2. The third kappa shape index (κ3) is 3.30. The Kier molecular flexibility index (Phi) is 5.25. The van der Waals surface area contributed by atoms with E-state index in [4.69, 9.17) is 9.47 Å². The van der Waals surface area contributed by atoms with Gasteiger partial charge in [-0.15, -0.1) is 0 Å². The Morgan fingerprint density at radius 2 is 1.78 bits per heavy atom. The molecule has 0 unspecified atom stereocenters. The lowest BCUT2D eigenvalue weighted by molar-refractivity contribution is -0.139. The van der Waals surface area contributed by atoms with Crippen LogP contribution < -0.4 is 5.56 Å². The maximum absolute atomic E-state index is 12.4. The number of fused-ring (bicyclic) bond motifs is 1. The number of rotatable bonds is 6. The number of ketones is 1. The van der Waals surface area contributed by atoms with Crippen molar-refractivity contribution in [1.82, 2.24) is 4.98 Å². The molecular weight excluding hydrogens is 302 g/mol. The second kappa shape index (κ2) is 7.17. The molecule has 1 aromatic heterocycles. The molecule has 2 aromatic rings. The highest BCUT2D eigenvalue weighted by Crippen LogP contribution is 2.28. The van der Waals surface area contributed by atoms with E-state index in [-0.39, 0.29) is 5.56 Å². The van der Waals surface area contributed by atoms with E-state index in [2.05, 4.69) is 9.72 Å². The fourth-order valence-corrected chi connectivity index (χ4v) is 2.41. The Morgan fingerprint density at radius 3 is 2.39 bits per heavy atom. The molecule has 7 nitrogen and oxygen atoms in total. The second-order valence-corrected chi connectivity index (χ2v) is 4.77. The zero-order valence-corrected chi connectivity index (χ0v) is 13.0. The fourth-order valence-electron chi connectivity index (χ4n) is 2.41. The van der Waals surface area contributed by atoms with Gasteiger partial charge in [0.1, 0.15) is 6.42 Å².